The first-order valence-corrected chi connectivity index (χ1v) is 5.53. The van der Waals surface area contributed by atoms with Crippen LogP contribution < -0.4 is 0 Å². The lowest BCUT2D eigenvalue weighted by Crippen LogP contribution is -1.90. The van der Waals surface area contributed by atoms with Gasteiger partial charge in [0.15, 0.2) is 0 Å². The van der Waals surface area contributed by atoms with Crippen molar-refractivity contribution in [3.63, 3.8) is 0 Å². The molecule has 1 heterocycles. The Balaban J connectivity index is 2.58. The SMILES string of the molecule is Cc1c(I)ccnc1-c1ccccc1. The molecule has 0 N–H and O–H groups in total. The lowest BCUT2D eigenvalue weighted by atomic mass is 10.1. The van der Waals surface area contributed by atoms with Gasteiger partial charge in [0.25, 0.3) is 0 Å². The summed E-state index contributed by atoms with van der Waals surface area (Å²) < 4.78 is 1.26. The molecule has 0 unspecified atom stereocenters. The molecular weight excluding hydrogens is 285 g/mol. The fourth-order valence-corrected chi connectivity index (χ4v) is 1.82. The lowest BCUT2D eigenvalue weighted by Gasteiger charge is -2.05. The van der Waals surface area contributed by atoms with E-state index in [1.54, 1.807) is 0 Å². The van der Waals surface area contributed by atoms with E-state index in [2.05, 4.69) is 46.6 Å². The van der Waals surface area contributed by atoms with Gasteiger partial charge in [0.05, 0.1) is 5.69 Å². The van der Waals surface area contributed by atoms with Gasteiger partial charge in [-0.15, -0.1) is 0 Å². The third kappa shape index (κ3) is 1.80. The highest BCUT2D eigenvalue weighted by molar-refractivity contribution is 14.1. The third-order valence-corrected chi connectivity index (χ3v) is 3.35. The van der Waals surface area contributed by atoms with Crippen LogP contribution in [0, 0.1) is 10.5 Å². The third-order valence-electron chi connectivity index (χ3n) is 2.19. The largest absolute Gasteiger partial charge is 0.256 e. The van der Waals surface area contributed by atoms with Gasteiger partial charge in [0, 0.05) is 15.3 Å². The molecule has 0 saturated carbocycles. The Bertz CT molecular complexity index is 437. The number of rotatable bonds is 1. The van der Waals surface area contributed by atoms with Crippen molar-refractivity contribution in [2.75, 3.05) is 0 Å². The molecule has 2 heteroatoms. The van der Waals surface area contributed by atoms with Crippen LogP contribution in [0.3, 0.4) is 0 Å². The van der Waals surface area contributed by atoms with Gasteiger partial charge >= 0.3 is 0 Å². The van der Waals surface area contributed by atoms with Crippen molar-refractivity contribution >= 4 is 22.6 Å². The van der Waals surface area contributed by atoms with Gasteiger partial charge in [-0.3, -0.25) is 4.98 Å². The molecule has 0 bridgehead atoms. The summed E-state index contributed by atoms with van der Waals surface area (Å²) in [5.41, 5.74) is 3.51. The Kier molecular flexibility index (Phi) is 2.82. The standard InChI is InChI=1S/C12H10IN/c1-9-11(13)7-8-14-12(9)10-5-3-2-4-6-10/h2-8H,1H3. The van der Waals surface area contributed by atoms with E-state index in [0.29, 0.717) is 0 Å². The van der Waals surface area contributed by atoms with Gasteiger partial charge in [-0.2, -0.15) is 0 Å². The molecule has 14 heavy (non-hydrogen) atoms. The van der Waals surface area contributed by atoms with Crippen LogP contribution in [0.25, 0.3) is 11.3 Å². The van der Waals surface area contributed by atoms with Crippen molar-refractivity contribution in [1.29, 1.82) is 0 Å². The smallest absolute Gasteiger partial charge is 0.0741 e. The lowest BCUT2D eigenvalue weighted by molar-refractivity contribution is 1.25. The molecule has 0 aliphatic heterocycles. The average Bonchev–Trinajstić information content (AvgIpc) is 2.23. The minimum atomic E-state index is 1.08. The molecule has 70 valence electrons. The van der Waals surface area contributed by atoms with E-state index < -0.39 is 0 Å². The van der Waals surface area contributed by atoms with Crippen LogP contribution in [-0.2, 0) is 0 Å². The minimum absolute atomic E-state index is 1.08. The summed E-state index contributed by atoms with van der Waals surface area (Å²) in [7, 11) is 0. The van der Waals surface area contributed by atoms with Gasteiger partial charge in [-0.05, 0) is 41.1 Å². The molecule has 0 radical (unpaired) electrons. The Morgan fingerprint density at radius 1 is 1.07 bits per heavy atom. The second-order valence-corrected chi connectivity index (χ2v) is 4.29. The fraction of sp³-hybridized carbons (Fsp3) is 0.0833. The van der Waals surface area contributed by atoms with Crippen LogP contribution in [-0.4, -0.2) is 4.98 Å². The van der Waals surface area contributed by atoms with Gasteiger partial charge in [-0.25, -0.2) is 0 Å². The number of hydrogen-bond donors (Lipinski definition) is 0. The van der Waals surface area contributed by atoms with E-state index >= 15 is 0 Å². The minimum Gasteiger partial charge on any atom is -0.256 e. The van der Waals surface area contributed by atoms with Gasteiger partial charge in [0.1, 0.15) is 0 Å². The molecule has 2 aromatic rings. The highest BCUT2D eigenvalue weighted by atomic mass is 127. The average molecular weight is 295 g/mol. The van der Waals surface area contributed by atoms with Crippen molar-refractivity contribution in [1.82, 2.24) is 4.98 Å². The Morgan fingerprint density at radius 3 is 2.50 bits per heavy atom. The number of hydrogen-bond acceptors (Lipinski definition) is 1. The topological polar surface area (TPSA) is 12.9 Å². The molecule has 1 aromatic heterocycles. The van der Waals surface area contributed by atoms with Crippen molar-refractivity contribution in [3.05, 3.63) is 51.7 Å². The number of pyridine rings is 1. The molecule has 0 aliphatic rings. The first kappa shape index (κ1) is 9.65. The van der Waals surface area contributed by atoms with E-state index in [1.165, 1.54) is 14.7 Å². The molecule has 2 rings (SSSR count). The van der Waals surface area contributed by atoms with Crippen LogP contribution in [0.4, 0.5) is 0 Å². The zero-order valence-electron chi connectivity index (χ0n) is 7.87. The Hall–Kier alpha value is -0.900. The molecular formula is C12H10IN. The van der Waals surface area contributed by atoms with Crippen LogP contribution in [0.2, 0.25) is 0 Å². The zero-order valence-corrected chi connectivity index (χ0v) is 10.0. The van der Waals surface area contributed by atoms with Crippen molar-refractivity contribution in [2.45, 2.75) is 6.92 Å². The number of benzene rings is 1. The highest BCUT2D eigenvalue weighted by Gasteiger charge is 2.04. The summed E-state index contributed by atoms with van der Waals surface area (Å²) in [6, 6.07) is 12.3. The second-order valence-electron chi connectivity index (χ2n) is 3.13. The Labute approximate surface area is 97.3 Å². The summed E-state index contributed by atoms with van der Waals surface area (Å²) >= 11 is 2.34. The van der Waals surface area contributed by atoms with Crippen LogP contribution >= 0.6 is 22.6 Å². The van der Waals surface area contributed by atoms with E-state index in [4.69, 9.17) is 0 Å². The first-order chi connectivity index (χ1) is 6.79. The van der Waals surface area contributed by atoms with Crippen LogP contribution in [0.1, 0.15) is 5.56 Å². The Morgan fingerprint density at radius 2 is 1.79 bits per heavy atom. The molecule has 0 amide bonds. The predicted octanol–water partition coefficient (Wildman–Crippen LogP) is 3.66. The van der Waals surface area contributed by atoms with Crippen molar-refractivity contribution < 1.29 is 0 Å². The summed E-state index contributed by atoms with van der Waals surface area (Å²) in [5.74, 6) is 0. The van der Waals surface area contributed by atoms with Crippen molar-refractivity contribution in [2.24, 2.45) is 0 Å². The quantitative estimate of drug-likeness (QED) is 0.732. The maximum Gasteiger partial charge on any atom is 0.0741 e. The molecule has 0 fully saturated rings. The van der Waals surface area contributed by atoms with Crippen molar-refractivity contribution in [3.8, 4) is 11.3 Å². The zero-order chi connectivity index (χ0) is 9.97. The first-order valence-electron chi connectivity index (χ1n) is 4.45. The maximum atomic E-state index is 4.40. The summed E-state index contributed by atoms with van der Waals surface area (Å²) in [6.45, 7) is 2.11. The second kappa shape index (κ2) is 4.09. The molecule has 0 spiro atoms. The normalized spacial score (nSPS) is 10.1. The molecule has 0 aliphatic carbocycles. The molecule has 0 saturated heterocycles. The number of nitrogens with zero attached hydrogens (tertiary/aromatic N) is 1. The monoisotopic (exact) mass is 295 g/mol. The summed E-state index contributed by atoms with van der Waals surface area (Å²) in [6.07, 6.45) is 1.86. The predicted molar refractivity (Wildman–Crippen MR) is 67.1 cm³/mol. The van der Waals surface area contributed by atoms with E-state index in [1.807, 2.05) is 30.5 Å². The number of aromatic nitrogens is 1. The maximum absolute atomic E-state index is 4.40. The van der Waals surface area contributed by atoms with E-state index in [0.717, 1.165) is 5.69 Å². The highest BCUT2D eigenvalue weighted by Crippen LogP contribution is 2.23. The van der Waals surface area contributed by atoms with Gasteiger partial charge < -0.3 is 0 Å². The molecule has 1 aromatic carbocycles. The van der Waals surface area contributed by atoms with Crippen LogP contribution in [0.15, 0.2) is 42.6 Å². The molecule has 1 nitrogen and oxygen atoms in total. The van der Waals surface area contributed by atoms with Crippen LogP contribution in [0.5, 0.6) is 0 Å². The summed E-state index contributed by atoms with van der Waals surface area (Å²) in [5, 5.41) is 0. The van der Waals surface area contributed by atoms with E-state index in [9.17, 15) is 0 Å². The number of halogens is 1. The van der Waals surface area contributed by atoms with Gasteiger partial charge in [0.2, 0.25) is 0 Å². The molecule has 0 atom stereocenters. The summed E-state index contributed by atoms with van der Waals surface area (Å²) in [4.78, 5) is 4.40. The fourth-order valence-electron chi connectivity index (χ4n) is 1.40. The van der Waals surface area contributed by atoms with E-state index in [-0.39, 0.29) is 0 Å². The van der Waals surface area contributed by atoms with Gasteiger partial charge in [-0.1, -0.05) is 30.3 Å².